The van der Waals surface area contributed by atoms with Crippen molar-refractivity contribution in [3.8, 4) is 0 Å². The van der Waals surface area contributed by atoms with Crippen LogP contribution < -0.4 is 0 Å². The SMILES string of the molecule is CC\C=C/C=C\C=C/C=C\C=C/CCCCCC(=O)OC(COC(=O)CCCCCCC/C=C\CCCCC)COC(=O)CCCCCCCCC/C=C\C/C=C\CCCCC. The average molecular weight is 861 g/mol. The molecule has 0 spiro atoms. The zero-order valence-electron chi connectivity index (χ0n) is 40.1. The number of unbranched alkanes of at least 4 members (excludes halogenated alkanes) is 21. The van der Waals surface area contributed by atoms with E-state index in [1.165, 1.54) is 83.5 Å². The van der Waals surface area contributed by atoms with Crippen molar-refractivity contribution in [3.63, 3.8) is 0 Å². The van der Waals surface area contributed by atoms with Crippen LogP contribution >= 0.6 is 0 Å². The first kappa shape index (κ1) is 58.3. The van der Waals surface area contributed by atoms with E-state index >= 15 is 0 Å². The van der Waals surface area contributed by atoms with Crippen LogP contribution in [0.2, 0.25) is 0 Å². The molecule has 0 saturated carbocycles. The average Bonchev–Trinajstić information content (AvgIpc) is 3.27. The van der Waals surface area contributed by atoms with Crippen molar-refractivity contribution >= 4 is 17.9 Å². The molecule has 0 radical (unpaired) electrons. The lowest BCUT2D eigenvalue weighted by Gasteiger charge is -2.18. The van der Waals surface area contributed by atoms with E-state index in [0.29, 0.717) is 19.3 Å². The molecule has 0 saturated heterocycles. The second-order valence-electron chi connectivity index (χ2n) is 16.5. The van der Waals surface area contributed by atoms with Gasteiger partial charge in [0.2, 0.25) is 0 Å². The minimum atomic E-state index is -0.806. The van der Waals surface area contributed by atoms with E-state index < -0.39 is 6.10 Å². The van der Waals surface area contributed by atoms with Crippen LogP contribution in [0.5, 0.6) is 0 Å². The standard InChI is InChI=1S/C56H92O6/c1-4-7-10-13-16-19-22-25-27-28-30-31-34-37-40-43-46-49-55(58)61-52-53(51-60-54(57)48-45-42-39-36-33-24-21-18-15-12-9-6-3)62-56(59)50-47-44-41-38-35-32-29-26-23-20-17-14-11-8-5-2/h8,11,14,16-21,23,25-27,29,32,35,53H,4-7,9-10,12-13,15,22,24,28,30-31,33-34,36-52H2,1-3H3/b11-8-,17-14-,19-16-,21-18-,23-20-,27-25-,29-26-,35-32-. The first-order chi connectivity index (χ1) is 30.5. The molecule has 0 amide bonds. The largest absolute Gasteiger partial charge is 0.462 e. The Hall–Kier alpha value is -3.67. The highest BCUT2D eigenvalue weighted by atomic mass is 16.6. The molecule has 0 aliphatic heterocycles. The summed E-state index contributed by atoms with van der Waals surface area (Å²) in [4.78, 5) is 37.9. The Bertz CT molecular complexity index is 1260. The molecular weight excluding hydrogens is 769 g/mol. The molecule has 1 unspecified atom stereocenters. The van der Waals surface area contributed by atoms with Crippen LogP contribution in [0.3, 0.4) is 0 Å². The fraction of sp³-hybridized carbons (Fsp3) is 0.661. The summed E-state index contributed by atoms with van der Waals surface area (Å²) in [6.07, 6.45) is 65.3. The lowest BCUT2D eigenvalue weighted by molar-refractivity contribution is -0.167. The maximum Gasteiger partial charge on any atom is 0.306 e. The number of allylic oxidation sites excluding steroid dienone is 16. The van der Waals surface area contributed by atoms with Gasteiger partial charge in [0.05, 0.1) is 0 Å². The maximum absolute atomic E-state index is 12.8. The van der Waals surface area contributed by atoms with Crippen LogP contribution in [0.15, 0.2) is 97.2 Å². The summed E-state index contributed by atoms with van der Waals surface area (Å²) in [5.41, 5.74) is 0. The van der Waals surface area contributed by atoms with Gasteiger partial charge in [-0.2, -0.15) is 0 Å². The van der Waals surface area contributed by atoms with Crippen molar-refractivity contribution in [2.45, 2.75) is 226 Å². The fourth-order valence-corrected chi connectivity index (χ4v) is 6.60. The summed E-state index contributed by atoms with van der Waals surface area (Å²) >= 11 is 0. The summed E-state index contributed by atoms with van der Waals surface area (Å²) in [5, 5.41) is 0. The molecule has 0 aromatic heterocycles. The maximum atomic E-state index is 12.8. The molecule has 352 valence electrons. The van der Waals surface area contributed by atoms with Gasteiger partial charge in [0, 0.05) is 19.3 Å². The molecule has 0 aliphatic carbocycles. The zero-order valence-corrected chi connectivity index (χ0v) is 40.1. The van der Waals surface area contributed by atoms with Crippen LogP contribution in [0, 0.1) is 0 Å². The molecule has 0 bridgehead atoms. The molecule has 0 fully saturated rings. The molecule has 0 N–H and O–H groups in total. The summed E-state index contributed by atoms with van der Waals surface area (Å²) < 4.78 is 16.7. The Kier molecular flexibility index (Phi) is 47.0. The Morgan fingerprint density at radius 1 is 0.355 bits per heavy atom. The first-order valence-corrected chi connectivity index (χ1v) is 25.3. The lowest BCUT2D eigenvalue weighted by atomic mass is 10.1. The monoisotopic (exact) mass is 861 g/mol. The Labute approximate surface area is 381 Å². The highest BCUT2D eigenvalue weighted by Crippen LogP contribution is 2.13. The first-order valence-electron chi connectivity index (χ1n) is 25.3. The van der Waals surface area contributed by atoms with Gasteiger partial charge in [-0.15, -0.1) is 0 Å². The summed E-state index contributed by atoms with van der Waals surface area (Å²) in [6, 6.07) is 0. The van der Waals surface area contributed by atoms with E-state index in [1.54, 1.807) is 0 Å². The van der Waals surface area contributed by atoms with E-state index in [9.17, 15) is 14.4 Å². The van der Waals surface area contributed by atoms with Gasteiger partial charge in [-0.25, -0.2) is 0 Å². The number of esters is 3. The third kappa shape index (κ3) is 47.4. The Morgan fingerprint density at radius 2 is 0.694 bits per heavy atom. The fourth-order valence-electron chi connectivity index (χ4n) is 6.60. The summed E-state index contributed by atoms with van der Waals surface area (Å²) in [6.45, 7) is 6.38. The van der Waals surface area contributed by atoms with E-state index in [0.717, 1.165) is 89.9 Å². The predicted molar refractivity (Wildman–Crippen MR) is 265 cm³/mol. The molecule has 0 aromatic rings. The quantitative estimate of drug-likeness (QED) is 0.0200. The highest BCUT2D eigenvalue weighted by Gasteiger charge is 2.19. The van der Waals surface area contributed by atoms with Gasteiger partial charge in [0.1, 0.15) is 13.2 Å². The summed E-state index contributed by atoms with van der Waals surface area (Å²) in [7, 11) is 0. The van der Waals surface area contributed by atoms with E-state index in [1.807, 2.05) is 48.6 Å². The van der Waals surface area contributed by atoms with Gasteiger partial charge < -0.3 is 14.2 Å². The van der Waals surface area contributed by atoms with Gasteiger partial charge in [-0.3, -0.25) is 14.4 Å². The number of ether oxygens (including phenoxy) is 3. The predicted octanol–water partition coefficient (Wildman–Crippen LogP) is 16.6. The minimum absolute atomic E-state index is 0.103. The van der Waals surface area contributed by atoms with Crippen LogP contribution in [0.1, 0.15) is 220 Å². The molecule has 62 heavy (non-hydrogen) atoms. The number of rotatable bonds is 44. The zero-order chi connectivity index (χ0) is 45.1. The molecule has 6 nitrogen and oxygen atoms in total. The number of hydrogen-bond acceptors (Lipinski definition) is 6. The van der Waals surface area contributed by atoms with Crippen LogP contribution in [-0.2, 0) is 28.6 Å². The molecule has 6 heteroatoms. The second-order valence-corrected chi connectivity index (χ2v) is 16.5. The van der Waals surface area contributed by atoms with Gasteiger partial charge in [-0.05, 0) is 96.3 Å². The molecule has 0 heterocycles. The van der Waals surface area contributed by atoms with Crippen molar-refractivity contribution in [2.75, 3.05) is 13.2 Å². The second kappa shape index (κ2) is 50.0. The van der Waals surface area contributed by atoms with Crippen LogP contribution in [0.4, 0.5) is 0 Å². The van der Waals surface area contributed by atoms with Crippen molar-refractivity contribution in [1.82, 2.24) is 0 Å². The third-order valence-electron chi connectivity index (χ3n) is 10.4. The Balaban J connectivity index is 4.49. The van der Waals surface area contributed by atoms with Crippen LogP contribution in [0.25, 0.3) is 0 Å². The lowest BCUT2D eigenvalue weighted by Crippen LogP contribution is -2.30. The molecule has 1 atom stereocenters. The molecule has 0 aliphatic rings. The van der Waals surface area contributed by atoms with Gasteiger partial charge >= 0.3 is 17.9 Å². The van der Waals surface area contributed by atoms with Gasteiger partial charge in [0.15, 0.2) is 6.10 Å². The van der Waals surface area contributed by atoms with E-state index in [4.69, 9.17) is 14.2 Å². The van der Waals surface area contributed by atoms with E-state index in [-0.39, 0.29) is 37.5 Å². The van der Waals surface area contributed by atoms with E-state index in [2.05, 4.69) is 69.4 Å². The molecular formula is C56H92O6. The van der Waals surface area contributed by atoms with Gasteiger partial charge in [-0.1, -0.05) is 201 Å². The number of carbonyl (C=O) groups is 3. The minimum Gasteiger partial charge on any atom is -0.462 e. The van der Waals surface area contributed by atoms with Crippen LogP contribution in [-0.4, -0.2) is 37.2 Å². The number of carbonyl (C=O) groups excluding carboxylic acids is 3. The number of hydrogen-bond donors (Lipinski definition) is 0. The highest BCUT2D eigenvalue weighted by molar-refractivity contribution is 5.71. The van der Waals surface area contributed by atoms with Crippen molar-refractivity contribution in [2.24, 2.45) is 0 Å². The normalized spacial score (nSPS) is 12.9. The molecule has 0 aromatic carbocycles. The van der Waals surface area contributed by atoms with Crippen molar-refractivity contribution in [3.05, 3.63) is 97.2 Å². The Morgan fingerprint density at radius 3 is 1.15 bits per heavy atom. The third-order valence-corrected chi connectivity index (χ3v) is 10.4. The smallest absolute Gasteiger partial charge is 0.306 e. The van der Waals surface area contributed by atoms with Gasteiger partial charge in [0.25, 0.3) is 0 Å². The van der Waals surface area contributed by atoms with Crippen molar-refractivity contribution in [1.29, 1.82) is 0 Å². The van der Waals surface area contributed by atoms with Crippen molar-refractivity contribution < 1.29 is 28.6 Å². The topological polar surface area (TPSA) is 78.9 Å². The summed E-state index contributed by atoms with van der Waals surface area (Å²) in [5.74, 6) is -0.966. The molecule has 0 rings (SSSR count).